The lowest BCUT2D eigenvalue weighted by molar-refractivity contribution is -0.146. The molecule has 0 spiro atoms. The molecule has 0 aromatic rings. The van der Waals surface area contributed by atoms with Crippen LogP contribution in [-0.2, 0) is 4.79 Å². The smallest absolute Gasteiger partial charge is 0.334 e. The zero-order valence-corrected chi connectivity index (χ0v) is 9.85. The molecule has 1 saturated heterocycles. The van der Waals surface area contributed by atoms with Gasteiger partial charge in [0, 0.05) is 13.1 Å². The maximum atomic E-state index is 11.7. The molecule has 1 heterocycles. The number of rotatable bonds is 4. The Morgan fingerprint density at radius 2 is 2.06 bits per heavy atom. The number of aliphatic hydroxyl groups excluding tert-OH is 1. The van der Waals surface area contributed by atoms with E-state index in [4.69, 9.17) is 10.2 Å². The fraction of sp³-hybridized carbons (Fsp3) is 0.800. The van der Waals surface area contributed by atoms with E-state index in [-0.39, 0.29) is 18.6 Å². The normalized spacial score (nSPS) is 18.5. The van der Waals surface area contributed by atoms with Gasteiger partial charge in [0.15, 0.2) is 6.10 Å². The number of nitrogens with zero attached hydrogens (tertiary/aromatic N) is 1. The summed E-state index contributed by atoms with van der Waals surface area (Å²) in [5.74, 6) is -1.34. The molecule has 98 valence electrons. The number of urea groups is 1. The Bertz CT molecular complexity index is 279. The van der Waals surface area contributed by atoms with E-state index in [0.29, 0.717) is 0 Å². The van der Waals surface area contributed by atoms with Crippen LogP contribution in [0.5, 0.6) is 0 Å². The maximum Gasteiger partial charge on any atom is 0.334 e. The van der Waals surface area contributed by atoms with Gasteiger partial charge < -0.3 is 25.7 Å². The molecular formula is C10H19N3O4. The van der Waals surface area contributed by atoms with Crippen molar-refractivity contribution < 1.29 is 19.8 Å². The van der Waals surface area contributed by atoms with Crippen molar-refractivity contribution in [1.82, 2.24) is 15.5 Å². The minimum absolute atomic E-state index is 0.165. The Morgan fingerprint density at radius 3 is 2.59 bits per heavy atom. The van der Waals surface area contributed by atoms with Crippen LogP contribution >= 0.6 is 0 Å². The summed E-state index contributed by atoms with van der Waals surface area (Å²) in [6, 6.07) is -0.185. The van der Waals surface area contributed by atoms with E-state index in [1.165, 1.54) is 0 Å². The summed E-state index contributed by atoms with van der Waals surface area (Å²) in [4.78, 5) is 23.6. The van der Waals surface area contributed by atoms with Crippen molar-refractivity contribution in [2.75, 3.05) is 26.7 Å². The zero-order chi connectivity index (χ0) is 12.8. The third-order valence-electron chi connectivity index (χ3n) is 2.91. The van der Waals surface area contributed by atoms with Crippen LogP contribution in [0.15, 0.2) is 0 Å². The van der Waals surface area contributed by atoms with Gasteiger partial charge in [0.25, 0.3) is 0 Å². The number of carboxylic acids is 1. The Balaban J connectivity index is 2.33. The number of carbonyl (C=O) groups is 2. The van der Waals surface area contributed by atoms with Crippen molar-refractivity contribution >= 4 is 12.0 Å². The Kier molecular flexibility index (Phi) is 5.17. The number of aliphatic hydroxyl groups is 1. The van der Waals surface area contributed by atoms with Gasteiger partial charge in [-0.2, -0.15) is 0 Å². The number of carboxylic acid groups (broad SMARTS) is 1. The van der Waals surface area contributed by atoms with Gasteiger partial charge in [-0.15, -0.1) is 0 Å². The summed E-state index contributed by atoms with van der Waals surface area (Å²) in [6.07, 6.45) is 0.206. The summed E-state index contributed by atoms with van der Waals surface area (Å²) in [5.41, 5.74) is 0. The minimum atomic E-state index is -1.56. The number of nitrogens with one attached hydrogen (secondary N) is 2. The van der Waals surface area contributed by atoms with Gasteiger partial charge >= 0.3 is 12.0 Å². The number of hydrogen-bond acceptors (Lipinski definition) is 4. The molecule has 0 aliphatic carbocycles. The van der Waals surface area contributed by atoms with Crippen LogP contribution < -0.4 is 10.6 Å². The van der Waals surface area contributed by atoms with Crippen molar-refractivity contribution in [3.8, 4) is 0 Å². The minimum Gasteiger partial charge on any atom is -0.479 e. The molecule has 7 nitrogen and oxygen atoms in total. The van der Waals surface area contributed by atoms with Crippen molar-refractivity contribution in [3.05, 3.63) is 0 Å². The van der Waals surface area contributed by atoms with Crippen molar-refractivity contribution in [1.29, 1.82) is 0 Å². The summed E-state index contributed by atoms with van der Waals surface area (Å²) < 4.78 is 0. The molecule has 1 rings (SSSR count). The van der Waals surface area contributed by atoms with Gasteiger partial charge in [0.1, 0.15) is 0 Å². The number of aliphatic carboxylic acids is 1. The van der Waals surface area contributed by atoms with Crippen LogP contribution in [0.25, 0.3) is 0 Å². The lowest BCUT2D eigenvalue weighted by Crippen LogP contribution is -2.49. The average molecular weight is 245 g/mol. The predicted molar refractivity (Wildman–Crippen MR) is 60.7 cm³/mol. The number of piperidine rings is 1. The molecule has 1 aliphatic rings. The second kappa shape index (κ2) is 6.41. The van der Waals surface area contributed by atoms with Crippen molar-refractivity contribution in [3.63, 3.8) is 0 Å². The largest absolute Gasteiger partial charge is 0.479 e. The SMILES string of the molecule is CN(C(=O)NC[C@H](O)C(=O)O)C1CCNCC1. The highest BCUT2D eigenvalue weighted by atomic mass is 16.4. The molecule has 0 unspecified atom stereocenters. The molecule has 17 heavy (non-hydrogen) atoms. The van der Waals surface area contributed by atoms with Crippen molar-refractivity contribution in [2.24, 2.45) is 0 Å². The number of hydrogen-bond donors (Lipinski definition) is 4. The van der Waals surface area contributed by atoms with E-state index in [0.717, 1.165) is 25.9 Å². The summed E-state index contributed by atoms with van der Waals surface area (Å²) in [6.45, 7) is 1.48. The van der Waals surface area contributed by atoms with E-state index in [1.54, 1.807) is 11.9 Å². The van der Waals surface area contributed by atoms with Gasteiger partial charge in [-0.05, 0) is 25.9 Å². The van der Waals surface area contributed by atoms with E-state index in [2.05, 4.69) is 10.6 Å². The first kappa shape index (κ1) is 13.7. The molecule has 2 amide bonds. The van der Waals surface area contributed by atoms with Crippen molar-refractivity contribution in [2.45, 2.75) is 25.0 Å². The second-order valence-electron chi connectivity index (χ2n) is 4.13. The Hall–Kier alpha value is -1.34. The molecule has 0 radical (unpaired) electrons. The van der Waals surface area contributed by atoms with Gasteiger partial charge in [-0.25, -0.2) is 9.59 Å². The first-order valence-corrected chi connectivity index (χ1v) is 5.64. The average Bonchev–Trinajstić information content (AvgIpc) is 2.35. The van der Waals surface area contributed by atoms with Crippen LogP contribution in [0.4, 0.5) is 4.79 Å². The first-order chi connectivity index (χ1) is 8.02. The van der Waals surface area contributed by atoms with Gasteiger partial charge in [0.05, 0.1) is 6.54 Å². The van der Waals surface area contributed by atoms with Crippen LogP contribution in [-0.4, -0.2) is 65.9 Å². The fourth-order valence-electron chi connectivity index (χ4n) is 1.76. The highest BCUT2D eigenvalue weighted by Crippen LogP contribution is 2.09. The van der Waals surface area contributed by atoms with Gasteiger partial charge in [-0.3, -0.25) is 0 Å². The monoisotopic (exact) mass is 245 g/mol. The lowest BCUT2D eigenvalue weighted by atomic mass is 10.1. The molecule has 0 saturated carbocycles. The van der Waals surface area contributed by atoms with Gasteiger partial charge in [0.2, 0.25) is 0 Å². The standard InChI is InChI=1S/C10H19N3O4/c1-13(7-2-4-11-5-3-7)10(17)12-6-8(14)9(15)16/h7-8,11,14H,2-6H2,1H3,(H,12,17)(H,15,16)/t8-/m0/s1. The third kappa shape index (κ3) is 4.20. The topological polar surface area (TPSA) is 102 Å². The summed E-state index contributed by atoms with van der Waals surface area (Å²) in [7, 11) is 1.68. The summed E-state index contributed by atoms with van der Waals surface area (Å²) in [5, 5.41) is 23.1. The lowest BCUT2D eigenvalue weighted by Gasteiger charge is -2.31. The quantitative estimate of drug-likeness (QED) is 0.499. The molecule has 0 aromatic heterocycles. The third-order valence-corrected chi connectivity index (χ3v) is 2.91. The molecule has 7 heteroatoms. The molecule has 1 atom stereocenters. The highest BCUT2D eigenvalue weighted by molar-refractivity contribution is 5.76. The number of carbonyl (C=O) groups excluding carboxylic acids is 1. The second-order valence-corrected chi connectivity index (χ2v) is 4.13. The van der Waals surface area contributed by atoms with E-state index in [1.807, 2.05) is 0 Å². The Labute approximate surface area is 99.8 Å². The van der Waals surface area contributed by atoms with Gasteiger partial charge in [-0.1, -0.05) is 0 Å². The van der Waals surface area contributed by atoms with Crippen LogP contribution in [0, 0.1) is 0 Å². The van der Waals surface area contributed by atoms with Crippen LogP contribution in [0.2, 0.25) is 0 Å². The molecule has 4 N–H and O–H groups in total. The predicted octanol–water partition coefficient (Wildman–Crippen LogP) is -1.17. The molecular weight excluding hydrogens is 226 g/mol. The zero-order valence-electron chi connectivity index (χ0n) is 9.85. The van der Waals surface area contributed by atoms with Crippen LogP contribution in [0.1, 0.15) is 12.8 Å². The fourth-order valence-corrected chi connectivity index (χ4v) is 1.76. The molecule has 0 aromatic carbocycles. The maximum absolute atomic E-state index is 11.7. The van der Waals surface area contributed by atoms with E-state index < -0.39 is 12.1 Å². The van der Waals surface area contributed by atoms with Crippen LogP contribution in [0.3, 0.4) is 0 Å². The van der Waals surface area contributed by atoms with E-state index >= 15 is 0 Å². The van der Waals surface area contributed by atoms with E-state index in [9.17, 15) is 9.59 Å². The first-order valence-electron chi connectivity index (χ1n) is 5.64. The molecule has 0 bridgehead atoms. The summed E-state index contributed by atoms with van der Waals surface area (Å²) >= 11 is 0. The highest BCUT2D eigenvalue weighted by Gasteiger charge is 2.22. The molecule has 1 fully saturated rings. The molecule has 1 aliphatic heterocycles. The number of amides is 2. The Morgan fingerprint density at radius 1 is 1.47 bits per heavy atom.